The minimum atomic E-state index is 0.178. The number of carbonyl (C=O) groups is 1. The van der Waals surface area contributed by atoms with E-state index < -0.39 is 0 Å². The molecule has 0 spiro atoms. The highest BCUT2D eigenvalue weighted by Crippen LogP contribution is 2.30. The Morgan fingerprint density at radius 3 is 3.13 bits per heavy atom. The Morgan fingerprint density at radius 2 is 2.33 bits per heavy atom. The summed E-state index contributed by atoms with van der Waals surface area (Å²) in [5.41, 5.74) is 0.819. The van der Waals surface area contributed by atoms with Crippen molar-refractivity contribution in [2.45, 2.75) is 31.7 Å². The Balaban J connectivity index is 1.86. The number of furan rings is 1. The smallest absolute Gasteiger partial charge is 0.171 e. The van der Waals surface area contributed by atoms with Crippen LogP contribution in [0.4, 0.5) is 0 Å². The number of hydrogen-bond donors (Lipinski definition) is 1. The largest absolute Gasteiger partial charge is 0.469 e. The maximum Gasteiger partial charge on any atom is 0.171 e. The fraction of sp³-hybridized carbons (Fsp3) is 0.583. The first-order valence-corrected chi connectivity index (χ1v) is 5.70. The Labute approximate surface area is 88.8 Å². The van der Waals surface area contributed by atoms with Crippen LogP contribution < -0.4 is 5.32 Å². The first-order valence-electron chi connectivity index (χ1n) is 5.70. The van der Waals surface area contributed by atoms with Crippen molar-refractivity contribution in [1.82, 2.24) is 5.32 Å². The van der Waals surface area contributed by atoms with Gasteiger partial charge in [0.1, 0.15) is 5.76 Å². The lowest BCUT2D eigenvalue weighted by molar-refractivity contribution is 0.0869. The molecule has 1 fully saturated rings. The molecule has 1 aromatic rings. The summed E-state index contributed by atoms with van der Waals surface area (Å²) in [5, 5.41) is 3.43. The van der Waals surface area contributed by atoms with E-state index in [4.69, 9.17) is 4.42 Å². The van der Waals surface area contributed by atoms with Gasteiger partial charge in [-0.05, 0) is 31.9 Å². The van der Waals surface area contributed by atoms with E-state index in [2.05, 4.69) is 5.32 Å². The summed E-state index contributed by atoms with van der Waals surface area (Å²) >= 11 is 0. The summed E-state index contributed by atoms with van der Waals surface area (Å²) in [7, 11) is 0. The number of Topliss-reactive ketones (excluding diaryl/α,β-unsaturated/α-hetero) is 1. The summed E-state index contributed by atoms with van der Waals surface area (Å²) in [5.74, 6) is 1.34. The van der Waals surface area contributed by atoms with Gasteiger partial charge in [-0.2, -0.15) is 0 Å². The number of aryl methyl sites for hydroxylation is 1. The molecule has 0 saturated carbocycles. The molecule has 2 aliphatic rings. The normalized spacial score (nSPS) is 30.5. The van der Waals surface area contributed by atoms with Gasteiger partial charge in [-0.15, -0.1) is 0 Å². The zero-order valence-electron chi connectivity index (χ0n) is 8.66. The molecule has 2 atom stereocenters. The van der Waals surface area contributed by atoms with Crippen LogP contribution in [0.1, 0.15) is 35.4 Å². The van der Waals surface area contributed by atoms with Crippen LogP contribution in [-0.2, 0) is 6.42 Å². The quantitative estimate of drug-likeness (QED) is 0.759. The molecular weight excluding hydrogens is 190 g/mol. The van der Waals surface area contributed by atoms with Crippen LogP contribution in [0.25, 0.3) is 0 Å². The van der Waals surface area contributed by atoms with Crippen molar-refractivity contribution >= 4 is 5.78 Å². The summed E-state index contributed by atoms with van der Waals surface area (Å²) in [6.07, 6.45) is 5.83. The molecule has 80 valence electrons. The maximum atomic E-state index is 12.2. The molecule has 0 amide bonds. The number of fused-ring (bicyclic) bond motifs is 1. The van der Waals surface area contributed by atoms with E-state index in [0.29, 0.717) is 6.04 Å². The Morgan fingerprint density at radius 1 is 1.40 bits per heavy atom. The van der Waals surface area contributed by atoms with Crippen molar-refractivity contribution in [3.05, 3.63) is 23.7 Å². The van der Waals surface area contributed by atoms with E-state index in [0.717, 1.165) is 37.1 Å². The van der Waals surface area contributed by atoms with Crippen LogP contribution in [0.5, 0.6) is 0 Å². The van der Waals surface area contributed by atoms with Gasteiger partial charge in [-0.3, -0.25) is 4.79 Å². The molecule has 3 heteroatoms. The van der Waals surface area contributed by atoms with Crippen LogP contribution in [0.3, 0.4) is 0 Å². The van der Waals surface area contributed by atoms with Crippen molar-refractivity contribution in [1.29, 1.82) is 0 Å². The van der Waals surface area contributed by atoms with E-state index in [1.165, 1.54) is 6.42 Å². The van der Waals surface area contributed by atoms with Crippen LogP contribution in [-0.4, -0.2) is 18.4 Å². The monoisotopic (exact) mass is 205 g/mol. The molecule has 0 radical (unpaired) electrons. The van der Waals surface area contributed by atoms with Crippen molar-refractivity contribution in [3.63, 3.8) is 0 Å². The predicted molar refractivity (Wildman–Crippen MR) is 55.9 cm³/mol. The first kappa shape index (κ1) is 9.16. The second kappa shape index (κ2) is 3.49. The second-order valence-corrected chi connectivity index (χ2v) is 4.47. The number of rotatable bonds is 1. The zero-order valence-corrected chi connectivity index (χ0v) is 8.66. The van der Waals surface area contributed by atoms with E-state index in [1.807, 2.05) is 6.07 Å². The van der Waals surface area contributed by atoms with Gasteiger partial charge in [0.25, 0.3) is 0 Å². The summed E-state index contributed by atoms with van der Waals surface area (Å²) in [6.45, 7) is 1.06. The number of carbonyl (C=O) groups excluding carboxylic acids is 1. The fourth-order valence-electron chi connectivity index (χ4n) is 2.81. The SMILES string of the molecule is O=C1c2ccoc2CCC1C1CCCN1. The van der Waals surface area contributed by atoms with Gasteiger partial charge in [0.2, 0.25) is 0 Å². The lowest BCUT2D eigenvalue weighted by Crippen LogP contribution is -2.38. The van der Waals surface area contributed by atoms with E-state index in [1.54, 1.807) is 6.26 Å². The fourth-order valence-corrected chi connectivity index (χ4v) is 2.81. The van der Waals surface area contributed by atoms with Crippen molar-refractivity contribution in [3.8, 4) is 0 Å². The summed E-state index contributed by atoms with van der Waals surface area (Å²) in [6, 6.07) is 2.22. The standard InChI is InChI=1S/C12H15NO2/c14-12-8(10-2-1-6-13-10)3-4-11-9(12)5-7-15-11/h5,7-8,10,13H,1-4,6H2. The average molecular weight is 205 g/mol. The molecule has 2 heterocycles. The number of nitrogens with one attached hydrogen (secondary N) is 1. The third-order valence-corrected chi connectivity index (χ3v) is 3.61. The van der Waals surface area contributed by atoms with Crippen LogP contribution in [0, 0.1) is 5.92 Å². The van der Waals surface area contributed by atoms with Crippen LogP contribution in [0.2, 0.25) is 0 Å². The highest BCUT2D eigenvalue weighted by molar-refractivity contribution is 6.00. The molecule has 1 saturated heterocycles. The van der Waals surface area contributed by atoms with Crippen molar-refractivity contribution in [2.75, 3.05) is 6.54 Å². The predicted octanol–water partition coefficient (Wildman–Crippen LogP) is 1.78. The first-order chi connectivity index (χ1) is 7.36. The van der Waals surface area contributed by atoms with Gasteiger partial charge < -0.3 is 9.73 Å². The van der Waals surface area contributed by atoms with E-state index in [9.17, 15) is 4.79 Å². The molecule has 1 aliphatic heterocycles. The van der Waals surface area contributed by atoms with Gasteiger partial charge in [0.15, 0.2) is 5.78 Å². The lowest BCUT2D eigenvalue weighted by atomic mass is 9.81. The molecular formula is C12H15NO2. The van der Waals surface area contributed by atoms with Gasteiger partial charge in [-0.25, -0.2) is 0 Å². The van der Waals surface area contributed by atoms with Crippen molar-refractivity contribution < 1.29 is 9.21 Å². The zero-order chi connectivity index (χ0) is 10.3. The third kappa shape index (κ3) is 1.42. The summed E-state index contributed by atoms with van der Waals surface area (Å²) < 4.78 is 5.30. The molecule has 1 aromatic heterocycles. The maximum absolute atomic E-state index is 12.2. The van der Waals surface area contributed by atoms with Crippen molar-refractivity contribution in [2.24, 2.45) is 5.92 Å². The lowest BCUT2D eigenvalue weighted by Gasteiger charge is -2.25. The number of hydrogen-bond acceptors (Lipinski definition) is 3. The van der Waals surface area contributed by atoms with Crippen LogP contribution in [0.15, 0.2) is 16.7 Å². The van der Waals surface area contributed by atoms with Gasteiger partial charge >= 0.3 is 0 Å². The Kier molecular flexibility index (Phi) is 2.13. The molecule has 0 aromatic carbocycles. The van der Waals surface area contributed by atoms with Gasteiger partial charge in [-0.1, -0.05) is 0 Å². The average Bonchev–Trinajstić information content (AvgIpc) is 2.87. The molecule has 2 unspecified atom stereocenters. The highest BCUT2D eigenvalue weighted by Gasteiger charge is 2.35. The summed E-state index contributed by atoms with van der Waals surface area (Å²) in [4.78, 5) is 12.2. The van der Waals surface area contributed by atoms with Crippen LogP contribution >= 0.6 is 0 Å². The molecule has 3 rings (SSSR count). The highest BCUT2D eigenvalue weighted by atomic mass is 16.3. The minimum Gasteiger partial charge on any atom is -0.469 e. The minimum absolute atomic E-state index is 0.178. The Bertz CT molecular complexity index is 377. The van der Waals surface area contributed by atoms with Gasteiger partial charge in [0.05, 0.1) is 11.8 Å². The van der Waals surface area contributed by atoms with E-state index >= 15 is 0 Å². The van der Waals surface area contributed by atoms with E-state index in [-0.39, 0.29) is 11.7 Å². The molecule has 3 nitrogen and oxygen atoms in total. The second-order valence-electron chi connectivity index (χ2n) is 4.47. The number of ketones is 1. The molecule has 15 heavy (non-hydrogen) atoms. The Hall–Kier alpha value is -1.09. The molecule has 0 bridgehead atoms. The molecule has 1 aliphatic carbocycles. The topological polar surface area (TPSA) is 42.2 Å². The third-order valence-electron chi connectivity index (χ3n) is 3.61. The molecule has 1 N–H and O–H groups in total. The van der Waals surface area contributed by atoms with Gasteiger partial charge in [0, 0.05) is 18.4 Å².